The van der Waals surface area contributed by atoms with Gasteiger partial charge in [0.25, 0.3) is 0 Å². The fourth-order valence-corrected chi connectivity index (χ4v) is 20.9. The van der Waals surface area contributed by atoms with Crippen molar-refractivity contribution < 1.29 is 0 Å². The van der Waals surface area contributed by atoms with Crippen LogP contribution in [0.1, 0.15) is 35.5 Å². The van der Waals surface area contributed by atoms with E-state index in [4.69, 9.17) is 0 Å². The van der Waals surface area contributed by atoms with Crippen LogP contribution in [0.5, 0.6) is 0 Å². The monoisotopic (exact) mass is 538 g/mol. The van der Waals surface area contributed by atoms with E-state index in [9.17, 15) is 0 Å². The predicted molar refractivity (Wildman–Crippen MR) is 148 cm³/mol. The molecule has 156 valence electrons. The average Bonchev–Trinajstić information content (AvgIpc) is 3.44. The molecule has 4 aromatic heterocycles. The summed E-state index contributed by atoms with van der Waals surface area (Å²) in [6, 6.07) is 13.9. The van der Waals surface area contributed by atoms with Crippen molar-refractivity contribution in [3.05, 3.63) is 71.9 Å². The quantitative estimate of drug-likeness (QED) is 0.197. The van der Waals surface area contributed by atoms with Gasteiger partial charge in [-0.15, -0.1) is 0 Å². The summed E-state index contributed by atoms with van der Waals surface area (Å²) in [6.45, 7) is 9.15. The molecule has 5 heterocycles. The van der Waals surface area contributed by atoms with Crippen LogP contribution in [0.25, 0.3) is 29.5 Å². The van der Waals surface area contributed by atoms with Gasteiger partial charge in [0.1, 0.15) is 0 Å². The molecule has 0 spiro atoms. The van der Waals surface area contributed by atoms with Crippen LogP contribution in [-0.4, -0.2) is 13.3 Å². The van der Waals surface area contributed by atoms with E-state index < -0.39 is 13.3 Å². The fraction of sp³-hybridized carbons (Fsp3) is 0.231. The van der Waals surface area contributed by atoms with Crippen molar-refractivity contribution >= 4 is 92.5 Å². The molecule has 0 saturated carbocycles. The van der Waals surface area contributed by atoms with Gasteiger partial charge in [0.2, 0.25) is 0 Å². The normalized spacial score (nSPS) is 15.5. The molecule has 0 amide bonds. The first kappa shape index (κ1) is 20.4. The molecule has 0 aliphatic carbocycles. The van der Waals surface area contributed by atoms with Crippen molar-refractivity contribution in [2.24, 2.45) is 0 Å². The molecule has 0 N–H and O–H groups in total. The fourth-order valence-electron chi connectivity index (χ4n) is 5.33. The third-order valence-electron chi connectivity index (χ3n) is 6.56. The van der Waals surface area contributed by atoms with E-state index in [0.29, 0.717) is 0 Å². The maximum absolute atomic E-state index is 2.64. The first-order valence-corrected chi connectivity index (χ1v) is 20.2. The van der Waals surface area contributed by atoms with Gasteiger partial charge < -0.3 is 0 Å². The third-order valence-corrected chi connectivity index (χ3v) is 19.2. The van der Waals surface area contributed by atoms with E-state index >= 15 is 0 Å². The SMILES string of the molecule is Cc1cc(C2=[C](c3cc(C)sc3C)[Ge]([CH3])([CH3])[c]3c2sc2c3sc3ccccc32)c(C)s1. The molecule has 0 nitrogen and oxygen atoms in total. The van der Waals surface area contributed by atoms with Crippen LogP contribution in [0, 0.1) is 27.7 Å². The molecule has 0 fully saturated rings. The molecule has 5 aromatic rings. The molecular weight excluding hydrogens is 513 g/mol. The Morgan fingerprint density at radius 3 is 2.00 bits per heavy atom. The van der Waals surface area contributed by atoms with Crippen LogP contribution >= 0.6 is 45.3 Å². The molecule has 1 aliphatic rings. The first-order valence-electron chi connectivity index (χ1n) is 10.6. The third kappa shape index (κ3) is 2.82. The van der Waals surface area contributed by atoms with Crippen molar-refractivity contribution in [2.75, 3.05) is 0 Å². The number of fused-ring (bicyclic) bond motifs is 5. The summed E-state index contributed by atoms with van der Waals surface area (Å²) < 4.78 is 7.97. The minimum absolute atomic E-state index is 1.42. The Hall–Kier alpha value is -1.18. The standard InChI is InChI=1S/C26H24GeS4/c1-13-11-18(15(3)28-13)21-22(19-12-14(2)29-16(19)4)27(5,6)23-25(21)31-24-17-9-7-8-10-20(17)30-26(23)24/h7-12H,1-6H3. The van der Waals surface area contributed by atoms with Gasteiger partial charge in [-0.25, -0.2) is 0 Å². The van der Waals surface area contributed by atoms with E-state index in [1.165, 1.54) is 45.4 Å². The Morgan fingerprint density at radius 2 is 1.35 bits per heavy atom. The Balaban J connectivity index is 1.77. The van der Waals surface area contributed by atoms with E-state index in [1.54, 1.807) is 24.0 Å². The van der Waals surface area contributed by atoms with Crippen molar-refractivity contribution in [1.82, 2.24) is 0 Å². The van der Waals surface area contributed by atoms with E-state index in [0.717, 1.165) is 0 Å². The van der Waals surface area contributed by atoms with Gasteiger partial charge in [-0.05, 0) is 0 Å². The molecule has 31 heavy (non-hydrogen) atoms. The summed E-state index contributed by atoms with van der Waals surface area (Å²) in [5.74, 6) is 5.28. The zero-order chi connectivity index (χ0) is 21.7. The summed E-state index contributed by atoms with van der Waals surface area (Å²) >= 11 is 5.47. The van der Waals surface area contributed by atoms with Crippen LogP contribution in [-0.2, 0) is 0 Å². The summed E-state index contributed by atoms with van der Waals surface area (Å²) in [4.78, 5) is 7.37. The Morgan fingerprint density at radius 1 is 0.710 bits per heavy atom. The van der Waals surface area contributed by atoms with Crippen molar-refractivity contribution in [1.29, 1.82) is 0 Å². The van der Waals surface area contributed by atoms with Gasteiger partial charge in [-0.3, -0.25) is 0 Å². The number of benzene rings is 1. The predicted octanol–water partition coefficient (Wildman–Crippen LogP) is 8.90. The number of thiophene rings is 4. The van der Waals surface area contributed by atoms with Gasteiger partial charge in [0, 0.05) is 0 Å². The molecule has 1 aromatic carbocycles. The maximum atomic E-state index is 2.64. The van der Waals surface area contributed by atoms with Crippen LogP contribution in [0.2, 0.25) is 11.5 Å². The molecular formula is C26H24GeS4. The zero-order valence-corrected chi connectivity index (χ0v) is 24.0. The second kappa shape index (κ2) is 6.91. The van der Waals surface area contributed by atoms with Crippen molar-refractivity contribution in [2.45, 2.75) is 39.2 Å². The summed E-state index contributed by atoms with van der Waals surface area (Å²) in [5.41, 5.74) is 4.58. The molecule has 0 radical (unpaired) electrons. The summed E-state index contributed by atoms with van der Waals surface area (Å²) in [6.07, 6.45) is 0. The van der Waals surface area contributed by atoms with Gasteiger partial charge in [-0.2, -0.15) is 0 Å². The second-order valence-electron chi connectivity index (χ2n) is 9.09. The number of hydrogen-bond donors (Lipinski definition) is 0. The average molecular weight is 537 g/mol. The summed E-state index contributed by atoms with van der Waals surface area (Å²) in [5, 5.41) is 1.45. The molecule has 0 unspecified atom stereocenters. The van der Waals surface area contributed by atoms with Gasteiger partial charge >= 0.3 is 204 Å². The van der Waals surface area contributed by atoms with Crippen LogP contribution < -0.4 is 4.40 Å². The number of rotatable bonds is 2. The molecule has 5 heteroatoms. The Labute approximate surface area is 202 Å². The van der Waals surface area contributed by atoms with Gasteiger partial charge in [-0.1, -0.05) is 0 Å². The van der Waals surface area contributed by atoms with E-state index in [2.05, 4.69) is 86.9 Å². The van der Waals surface area contributed by atoms with Crippen LogP contribution in [0.15, 0.2) is 36.4 Å². The molecule has 1 aliphatic heterocycles. The minimum atomic E-state index is -2.52. The van der Waals surface area contributed by atoms with E-state index in [1.807, 2.05) is 34.0 Å². The molecule has 0 saturated heterocycles. The Kier molecular flexibility index (Phi) is 4.55. The zero-order valence-electron chi connectivity index (χ0n) is 18.6. The topological polar surface area (TPSA) is 0 Å². The number of hydrogen-bond acceptors (Lipinski definition) is 4. The first-order chi connectivity index (χ1) is 14.8. The second-order valence-corrected chi connectivity index (χ2v) is 23.0. The molecule has 6 rings (SSSR count). The van der Waals surface area contributed by atoms with Crippen LogP contribution in [0.4, 0.5) is 0 Å². The van der Waals surface area contributed by atoms with Gasteiger partial charge in [0.05, 0.1) is 0 Å². The molecule has 0 bridgehead atoms. The summed E-state index contributed by atoms with van der Waals surface area (Å²) in [7, 11) is 0. The van der Waals surface area contributed by atoms with Crippen molar-refractivity contribution in [3.8, 4) is 0 Å². The number of aryl methyl sites for hydroxylation is 4. The van der Waals surface area contributed by atoms with Gasteiger partial charge in [0.15, 0.2) is 0 Å². The molecule has 0 atom stereocenters. The Bertz CT molecular complexity index is 1550. The van der Waals surface area contributed by atoms with Crippen LogP contribution in [0.3, 0.4) is 0 Å². The van der Waals surface area contributed by atoms with Crippen molar-refractivity contribution in [3.63, 3.8) is 0 Å². The van der Waals surface area contributed by atoms with E-state index in [-0.39, 0.29) is 0 Å².